The van der Waals surface area contributed by atoms with Crippen LogP contribution >= 0.6 is 0 Å². The maximum Gasteiger partial charge on any atom is 0.319 e. The lowest BCUT2D eigenvalue weighted by Crippen LogP contribution is -2.61. The molecule has 5 aliphatic rings. The number of aromatic nitrogens is 3. The van der Waals surface area contributed by atoms with Gasteiger partial charge < -0.3 is 20.1 Å². The molecule has 5 fully saturated rings. The van der Waals surface area contributed by atoms with Gasteiger partial charge in [0.1, 0.15) is 42.7 Å². The van der Waals surface area contributed by atoms with Crippen LogP contribution in [-0.4, -0.2) is 81.5 Å². The van der Waals surface area contributed by atoms with Gasteiger partial charge in [-0.1, -0.05) is 12.0 Å². The molecule has 2 aromatic heterocycles. The first-order valence-corrected chi connectivity index (χ1v) is 15.1. The second-order valence-electron chi connectivity index (χ2n) is 12.5. The van der Waals surface area contributed by atoms with Crippen LogP contribution in [0.5, 0.6) is 11.8 Å². The van der Waals surface area contributed by atoms with Gasteiger partial charge in [0.25, 0.3) is 0 Å². The fraction of sp³-hybridized carbons (Fsp3) is 0.424. The molecule has 11 heteroatoms. The van der Waals surface area contributed by atoms with Gasteiger partial charge in [0.2, 0.25) is 0 Å². The third-order valence-corrected chi connectivity index (χ3v) is 9.93. The van der Waals surface area contributed by atoms with Crippen molar-refractivity contribution in [3.63, 3.8) is 0 Å². The van der Waals surface area contributed by atoms with Gasteiger partial charge in [-0.05, 0) is 55.8 Å². The Morgan fingerprint density at radius 3 is 2.93 bits per heavy atom. The molecule has 4 aromatic rings. The summed E-state index contributed by atoms with van der Waals surface area (Å²) in [5.74, 6) is 1.36. The minimum Gasteiger partial charge on any atom is -0.508 e. The normalized spacial score (nSPS) is 26.6. The van der Waals surface area contributed by atoms with Crippen LogP contribution in [0, 0.1) is 24.0 Å². The Balaban J connectivity index is 1.29. The molecule has 44 heavy (non-hydrogen) atoms. The molecule has 7 heterocycles. The van der Waals surface area contributed by atoms with Crippen LogP contribution in [0.3, 0.4) is 0 Å². The Labute approximate surface area is 253 Å². The Hall–Kier alpha value is -4.14. The quantitative estimate of drug-likeness (QED) is 0.319. The van der Waals surface area contributed by atoms with E-state index in [1.54, 1.807) is 0 Å². The van der Waals surface area contributed by atoms with E-state index in [1.165, 1.54) is 30.5 Å². The number of nitrogens with one attached hydrogen (secondary N) is 1. The summed E-state index contributed by atoms with van der Waals surface area (Å²) in [6.07, 6.45) is 6.72. The lowest BCUT2D eigenvalue weighted by atomic mass is 9.92. The minimum atomic E-state index is -0.920. The number of alkyl halides is 1. The van der Waals surface area contributed by atoms with Gasteiger partial charge in [-0.2, -0.15) is 9.97 Å². The van der Waals surface area contributed by atoms with E-state index < -0.39 is 23.3 Å². The van der Waals surface area contributed by atoms with E-state index in [4.69, 9.17) is 11.1 Å². The fourth-order valence-electron chi connectivity index (χ4n) is 7.84. The Morgan fingerprint density at radius 1 is 1.23 bits per heavy atom. The van der Waals surface area contributed by atoms with Gasteiger partial charge in [-0.25, -0.2) is 13.2 Å². The maximum atomic E-state index is 16.8. The third kappa shape index (κ3) is 4.26. The van der Waals surface area contributed by atoms with Gasteiger partial charge in [-0.3, -0.25) is 9.88 Å². The van der Waals surface area contributed by atoms with Crippen molar-refractivity contribution in [1.82, 2.24) is 25.2 Å². The largest absolute Gasteiger partial charge is 0.508 e. The molecule has 0 radical (unpaired) electrons. The number of hydrogen-bond donors (Lipinski definition) is 2. The van der Waals surface area contributed by atoms with Crippen molar-refractivity contribution < 1.29 is 24.4 Å². The van der Waals surface area contributed by atoms with Gasteiger partial charge >= 0.3 is 6.01 Å². The molecule has 4 atom stereocenters. The third-order valence-electron chi connectivity index (χ3n) is 9.93. The highest BCUT2D eigenvalue weighted by molar-refractivity contribution is 6.03. The van der Waals surface area contributed by atoms with Crippen molar-refractivity contribution in [2.75, 3.05) is 37.7 Å². The molecule has 5 saturated heterocycles. The van der Waals surface area contributed by atoms with Crippen LogP contribution in [0.2, 0.25) is 0 Å². The summed E-state index contributed by atoms with van der Waals surface area (Å²) in [6, 6.07) is 5.82. The van der Waals surface area contributed by atoms with Crippen molar-refractivity contribution >= 4 is 27.5 Å². The van der Waals surface area contributed by atoms with Gasteiger partial charge in [0, 0.05) is 55.3 Å². The summed E-state index contributed by atoms with van der Waals surface area (Å²) < 4.78 is 59.8. The summed E-state index contributed by atoms with van der Waals surface area (Å²) in [5, 5.41) is 15.1. The molecular formula is C33H31F3N6O2. The van der Waals surface area contributed by atoms with Crippen molar-refractivity contribution in [1.29, 1.82) is 0 Å². The highest BCUT2D eigenvalue weighted by Crippen LogP contribution is 2.42. The molecule has 226 valence electrons. The summed E-state index contributed by atoms with van der Waals surface area (Å²) in [5.41, 5.74) is -0.590. The monoisotopic (exact) mass is 601 g/mol. The summed E-state index contributed by atoms with van der Waals surface area (Å²) in [7, 11) is 0. The number of pyridine rings is 1. The summed E-state index contributed by atoms with van der Waals surface area (Å²) in [4.78, 5) is 18.2. The SMILES string of the molecule is [2H]C#Cc1c(F)ccc2cc(O)cc(-c3ncc4c(N5CC6CCC5CN6)nc(OC[C@]56CCCN5C[C@@H](F)C6)nc4c3F)c12. The number of anilines is 1. The maximum absolute atomic E-state index is 16.8. The lowest BCUT2D eigenvalue weighted by Gasteiger charge is -2.46. The van der Waals surface area contributed by atoms with E-state index in [1.807, 2.05) is 6.40 Å². The highest BCUT2D eigenvalue weighted by atomic mass is 19.1. The molecule has 2 unspecified atom stereocenters. The molecule has 2 N–H and O–H groups in total. The number of fused-ring (bicyclic) bond motifs is 6. The highest BCUT2D eigenvalue weighted by Gasteiger charge is 2.49. The molecule has 0 aliphatic carbocycles. The first-order chi connectivity index (χ1) is 21.8. The topological polar surface area (TPSA) is 86.6 Å². The number of halogens is 3. The number of aromatic hydroxyl groups is 1. The predicted octanol–water partition coefficient (Wildman–Crippen LogP) is 4.71. The Kier molecular flexibility index (Phi) is 6.10. The molecule has 0 spiro atoms. The van der Waals surface area contributed by atoms with E-state index in [0.29, 0.717) is 36.1 Å². The number of piperidine rings is 2. The second kappa shape index (κ2) is 10.2. The van der Waals surface area contributed by atoms with E-state index in [-0.39, 0.29) is 58.2 Å². The zero-order valence-corrected chi connectivity index (χ0v) is 23.9. The van der Waals surface area contributed by atoms with Crippen LogP contribution in [0.4, 0.5) is 19.0 Å². The lowest BCUT2D eigenvalue weighted by molar-refractivity contribution is 0.107. The van der Waals surface area contributed by atoms with Crippen molar-refractivity contribution in [2.24, 2.45) is 0 Å². The molecule has 9 rings (SSSR count). The fourth-order valence-corrected chi connectivity index (χ4v) is 7.84. The van der Waals surface area contributed by atoms with E-state index >= 15 is 4.39 Å². The van der Waals surface area contributed by atoms with Crippen LogP contribution < -0.4 is 15.0 Å². The average Bonchev–Trinajstić information content (AvgIpc) is 3.57. The number of phenolic OH excluding ortho intramolecular Hbond substituents is 1. The van der Waals surface area contributed by atoms with Crippen molar-refractivity contribution in [3.05, 3.63) is 47.7 Å². The zero-order valence-electron chi connectivity index (χ0n) is 24.9. The smallest absolute Gasteiger partial charge is 0.319 e. The van der Waals surface area contributed by atoms with E-state index in [9.17, 15) is 13.9 Å². The van der Waals surface area contributed by atoms with Crippen LogP contribution in [0.1, 0.15) is 39.0 Å². The number of phenols is 1. The van der Waals surface area contributed by atoms with Crippen molar-refractivity contribution in [2.45, 2.75) is 55.9 Å². The van der Waals surface area contributed by atoms with Gasteiger partial charge in [0.15, 0.2) is 5.82 Å². The number of rotatable bonds is 5. The molecule has 2 bridgehead atoms. The number of benzene rings is 2. The molecule has 0 amide bonds. The van der Waals surface area contributed by atoms with Crippen LogP contribution in [-0.2, 0) is 0 Å². The molecule has 0 saturated carbocycles. The standard InChI is InChI=1S/C33H31F3N6O2/c1-2-23-26(35)7-4-18-10-22(43)11-24(27(18)23)29-28(36)30-25(14-38-29)31(42-16-20-5-6-21(42)13-37-20)40-32(39-30)44-17-33-8-3-9-41(33)15-19(34)12-33/h1,4,7,10-11,14,19-21,37,43H,3,5-6,8-9,12-13,15-17H2/t19-,20?,21?,33+/m0/s1/i1D. The minimum absolute atomic E-state index is 0.000868. The average molecular weight is 602 g/mol. The number of piperazine rings is 1. The van der Waals surface area contributed by atoms with E-state index in [2.05, 4.69) is 31.0 Å². The number of ether oxygens (including phenoxy) is 1. The summed E-state index contributed by atoms with van der Waals surface area (Å²) >= 11 is 0. The predicted molar refractivity (Wildman–Crippen MR) is 160 cm³/mol. The van der Waals surface area contributed by atoms with Crippen LogP contribution in [0.15, 0.2) is 30.5 Å². The van der Waals surface area contributed by atoms with Crippen molar-refractivity contribution in [3.8, 4) is 35.3 Å². The first kappa shape index (κ1) is 26.3. The first-order valence-electron chi connectivity index (χ1n) is 15.6. The zero-order chi connectivity index (χ0) is 30.9. The molecular weight excluding hydrogens is 569 g/mol. The van der Waals surface area contributed by atoms with Crippen LogP contribution in [0.25, 0.3) is 32.9 Å². The molecule has 8 nitrogen and oxygen atoms in total. The molecule has 5 aliphatic heterocycles. The van der Waals surface area contributed by atoms with Gasteiger partial charge in [-0.15, -0.1) is 6.40 Å². The number of nitrogens with zero attached hydrogens (tertiary/aromatic N) is 5. The summed E-state index contributed by atoms with van der Waals surface area (Å²) in [6.45, 7) is 2.85. The Morgan fingerprint density at radius 2 is 2.14 bits per heavy atom. The van der Waals surface area contributed by atoms with E-state index in [0.717, 1.165) is 38.8 Å². The Bertz CT molecular complexity index is 1910. The number of hydrogen-bond acceptors (Lipinski definition) is 8. The number of terminal acetylenes is 1. The molecule has 2 aromatic carbocycles. The van der Waals surface area contributed by atoms with Gasteiger partial charge in [0.05, 0.1) is 16.5 Å². The second-order valence-corrected chi connectivity index (χ2v) is 12.5.